The summed E-state index contributed by atoms with van der Waals surface area (Å²) in [6.07, 6.45) is 0. The van der Waals surface area contributed by atoms with E-state index in [4.69, 9.17) is 49.0 Å². The van der Waals surface area contributed by atoms with Crippen LogP contribution in [0.25, 0.3) is 0 Å². The van der Waals surface area contributed by atoms with Gasteiger partial charge in [0.05, 0.1) is 47.6 Å². The third kappa shape index (κ3) is 5.87. The fourth-order valence-corrected chi connectivity index (χ4v) is 5.14. The lowest BCUT2D eigenvalue weighted by Gasteiger charge is -2.26. The molecule has 3 aromatic rings. The molecule has 0 saturated heterocycles. The lowest BCUT2D eigenvalue weighted by Crippen LogP contribution is -2.38. The van der Waals surface area contributed by atoms with Gasteiger partial charge in [0.1, 0.15) is 12.3 Å². The molecule has 0 unspecified atom stereocenters. The summed E-state index contributed by atoms with van der Waals surface area (Å²) in [5.74, 6) is 0.0423. The summed E-state index contributed by atoms with van der Waals surface area (Å²) in [6.45, 7) is -0.629. The molecule has 0 aliphatic heterocycles. The van der Waals surface area contributed by atoms with Crippen LogP contribution in [-0.2, 0) is 14.8 Å². The van der Waals surface area contributed by atoms with Gasteiger partial charge in [-0.3, -0.25) is 9.10 Å². The standard InChI is InChI=1S/C23H21Cl3N2O6S/c1-32-19-9-7-14(24)11-18(19)28(13-22(29)27-17-6-4-5-16(25)23(17)26)35(30,31)15-8-10-20(33-2)21(12-15)34-3/h4-12H,13H2,1-3H3,(H,27,29). The maximum absolute atomic E-state index is 13.8. The average molecular weight is 560 g/mol. The van der Waals surface area contributed by atoms with Gasteiger partial charge in [-0.15, -0.1) is 0 Å². The lowest BCUT2D eigenvalue weighted by atomic mass is 10.3. The van der Waals surface area contributed by atoms with Crippen molar-refractivity contribution in [3.63, 3.8) is 0 Å². The normalized spacial score (nSPS) is 11.0. The van der Waals surface area contributed by atoms with Crippen molar-refractivity contribution in [3.05, 3.63) is 69.7 Å². The van der Waals surface area contributed by atoms with E-state index in [1.165, 1.54) is 57.7 Å². The minimum atomic E-state index is -4.33. The predicted molar refractivity (Wildman–Crippen MR) is 137 cm³/mol. The Bertz CT molecular complexity index is 1350. The summed E-state index contributed by atoms with van der Waals surface area (Å²) in [7, 11) is -0.139. The van der Waals surface area contributed by atoms with Crippen LogP contribution in [0.4, 0.5) is 11.4 Å². The van der Waals surface area contributed by atoms with Gasteiger partial charge in [-0.2, -0.15) is 0 Å². The van der Waals surface area contributed by atoms with Gasteiger partial charge < -0.3 is 19.5 Å². The van der Waals surface area contributed by atoms with Gasteiger partial charge in [0.15, 0.2) is 11.5 Å². The van der Waals surface area contributed by atoms with Gasteiger partial charge in [0.25, 0.3) is 10.0 Å². The molecule has 0 aliphatic rings. The van der Waals surface area contributed by atoms with Gasteiger partial charge in [0.2, 0.25) is 5.91 Å². The van der Waals surface area contributed by atoms with Crippen LogP contribution < -0.4 is 23.8 Å². The highest BCUT2D eigenvalue weighted by Crippen LogP contribution is 2.37. The van der Waals surface area contributed by atoms with Crippen LogP contribution in [0.2, 0.25) is 15.1 Å². The van der Waals surface area contributed by atoms with Gasteiger partial charge in [-0.25, -0.2) is 8.42 Å². The number of hydrogen-bond acceptors (Lipinski definition) is 6. The number of ether oxygens (including phenoxy) is 3. The largest absolute Gasteiger partial charge is 0.495 e. The number of anilines is 2. The van der Waals surface area contributed by atoms with Crippen molar-refractivity contribution in [3.8, 4) is 17.2 Å². The molecule has 186 valence electrons. The molecule has 0 saturated carbocycles. The fraction of sp³-hybridized carbons (Fsp3) is 0.174. The third-order valence-corrected chi connectivity index (χ3v) is 7.68. The monoisotopic (exact) mass is 558 g/mol. The predicted octanol–water partition coefficient (Wildman–Crippen LogP) is 5.51. The first-order valence-electron chi connectivity index (χ1n) is 9.94. The molecular formula is C23H21Cl3N2O6S. The Morgan fingerprint density at radius 3 is 2.20 bits per heavy atom. The molecule has 8 nitrogen and oxygen atoms in total. The van der Waals surface area contributed by atoms with Crippen LogP contribution in [-0.4, -0.2) is 42.2 Å². The van der Waals surface area contributed by atoms with Crippen molar-refractivity contribution in [1.29, 1.82) is 0 Å². The van der Waals surface area contributed by atoms with Gasteiger partial charge in [0, 0.05) is 11.1 Å². The van der Waals surface area contributed by atoms with E-state index in [0.29, 0.717) is 5.75 Å². The molecule has 1 N–H and O–H groups in total. The zero-order chi connectivity index (χ0) is 25.8. The van der Waals surface area contributed by atoms with Crippen LogP contribution in [0, 0.1) is 0 Å². The summed E-state index contributed by atoms with van der Waals surface area (Å²) in [5, 5.41) is 3.18. The van der Waals surface area contributed by atoms with Crippen molar-refractivity contribution in [1.82, 2.24) is 0 Å². The molecule has 0 heterocycles. The fourth-order valence-electron chi connectivity index (χ4n) is 3.18. The Morgan fingerprint density at radius 2 is 1.54 bits per heavy atom. The van der Waals surface area contributed by atoms with Crippen molar-refractivity contribution in [2.45, 2.75) is 4.90 Å². The number of carbonyl (C=O) groups is 1. The Morgan fingerprint density at radius 1 is 0.886 bits per heavy atom. The van der Waals surface area contributed by atoms with Crippen LogP contribution in [0.15, 0.2) is 59.5 Å². The number of benzene rings is 3. The quantitative estimate of drug-likeness (QED) is 0.372. The Hall–Kier alpha value is -2.85. The van der Waals surface area contributed by atoms with E-state index >= 15 is 0 Å². The summed E-state index contributed by atoms with van der Waals surface area (Å²) < 4.78 is 44.3. The molecule has 3 rings (SSSR count). The number of nitrogens with zero attached hydrogens (tertiary/aromatic N) is 1. The summed E-state index contributed by atoms with van der Waals surface area (Å²) in [6, 6.07) is 13.2. The number of nitrogens with one attached hydrogen (secondary N) is 1. The van der Waals surface area contributed by atoms with Crippen molar-refractivity contribution in [2.75, 3.05) is 37.5 Å². The van der Waals surface area contributed by atoms with Crippen LogP contribution in [0.3, 0.4) is 0 Å². The van der Waals surface area contributed by atoms with Crippen LogP contribution >= 0.6 is 34.8 Å². The Kier molecular flexibility index (Phi) is 8.60. The molecule has 0 radical (unpaired) electrons. The third-order valence-electron chi connectivity index (χ3n) is 4.87. The molecule has 0 spiro atoms. The number of methoxy groups -OCH3 is 3. The second-order valence-corrected chi connectivity index (χ2v) is 10.1. The molecule has 0 aromatic heterocycles. The number of rotatable bonds is 9. The first-order valence-corrected chi connectivity index (χ1v) is 12.5. The van der Waals surface area contributed by atoms with Gasteiger partial charge in [-0.05, 0) is 42.5 Å². The summed E-state index contributed by atoms with van der Waals surface area (Å²) >= 11 is 18.3. The zero-order valence-electron chi connectivity index (χ0n) is 18.8. The van der Waals surface area contributed by atoms with E-state index in [9.17, 15) is 13.2 Å². The minimum Gasteiger partial charge on any atom is -0.495 e. The van der Waals surface area contributed by atoms with Crippen LogP contribution in [0.1, 0.15) is 0 Å². The maximum atomic E-state index is 13.8. The second kappa shape index (κ2) is 11.3. The Labute approximate surface area is 218 Å². The highest BCUT2D eigenvalue weighted by molar-refractivity contribution is 7.92. The van der Waals surface area contributed by atoms with E-state index in [2.05, 4.69) is 5.32 Å². The van der Waals surface area contributed by atoms with Crippen molar-refractivity contribution in [2.24, 2.45) is 0 Å². The topological polar surface area (TPSA) is 94.2 Å². The molecular weight excluding hydrogens is 539 g/mol. The van der Waals surface area contributed by atoms with E-state index in [1.807, 2.05) is 0 Å². The molecule has 0 atom stereocenters. The van der Waals surface area contributed by atoms with Gasteiger partial charge in [-0.1, -0.05) is 40.9 Å². The molecule has 3 aromatic carbocycles. The minimum absolute atomic E-state index is 0.0575. The zero-order valence-corrected chi connectivity index (χ0v) is 21.9. The number of halogens is 3. The van der Waals surface area contributed by atoms with Gasteiger partial charge >= 0.3 is 0 Å². The van der Waals surface area contributed by atoms with Crippen molar-refractivity contribution < 1.29 is 27.4 Å². The number of sulfonamides is 1. The summed E-state index contributed by atoms with van der Waals surface area (Å²) in [4.78, 5) is 12.9. The SMILES string of the molecule is COc1ccc(S(=O)(=O)N(CC(=O)Nc2cccc(Cl)c2Cl)c2cc(Cl)ccc2OC)cc1OC. The molecule has 0 bridgehead atoms. The first-order chi connectivity index (χ1) is 16.6. The molecule has 0 aliphatic carbocycles. The maximum Gasteiger partial charge on any atom is 0.265 e. The van der Waals surface area contributed by atoms with E-state index in [0.717, 1.165) is 4.31 Å². The van der Waals surface area contributed by atoms with E-state index in [-0.39, 0.29) is 42.8 Å². The lowest BCUT2D eigenvalue weighted by molar-refractivity contribution is -0.114. The van der Waals surface area contributed by atoms with Crippen molar-refractivity contribution >= 4 is 62.1 Å². The van der Waals surface area contributed by atoms with Crippen LogP contribution in [0.5, 0.6) is 17.2 Å². The summed E-state index contributed by atoms with van der Waals surface area (Å²) in [5.41, 5.74) is 0.285. The molecule has 12 heteroatoms. The number of amides is 1. The highest BCUT2D eigenvalue weighted by Gasteiger charge is 2.31. The Balaban J connectivity index is 2.09. The highest BCUT2D eigenvalue weighted by atomic mass is 35.5. The van der Waals surface area contributed by atoms with E-state index in [1.54, 1.807) is 18.2 Å². The first kappa shape index (κ1) is 26.7. The number of carbonyl (C=O) groups excluding carboxylic acids is 1. The van der Waals surface area contributed by atoms with E-state index < -0.39 is 22.5 Å². The molecule has 35 heavy (non-hydrogen) atoms. The molecule has 1 amide bonds. The number of hydrogen-bond donors (Lipinski definition) is 1. The molecule has 0 fully saturated rings. The smallest absolute Gasteiger partial charge is 0.265 e. The second-order valence-electron chi connectivity index (χ2n) is 6.99. The average Bonchev–Trinajstić information content (AvgIpc) is 2.84.